The molecule has 0 aliphatic heterocycles. The van der Waals surface area contributed by atoms with Gasteiger partial charge in [0, 0.05) is 17.0 Å². The van der Waals surface area contributed by atoms with Gasteiger partial charge < -0.3 is 5.32 Å². The summed E-state index contributed by atoms with van der Waals surface area (Å²) in [6.45, 7) is 4.62. The van der Waals surface area contributed by atoms with Crippen LogP contribution >= 0.6 is 11.3 Å². The number of rotatable bonds is 5. The second kappa shape index (κ2) is 5.13. The van der Waals surface area contributed by atoms with Gasteiger partial charge in [-0.05, 0) is 43.6 Å². The zero-order valence-corrected chi connectivity index (χ0v) is 10.5. The normalized spacial score (nSPS) is 20.9. The molecule has 0 spiro atoms. The number of hydrogen-bond donors (Lipinski definition) is 1. The van der Waals surface area contributed by atoms with Gasteiger partial charge in [0.05, 0.1) is 0 Å². The Kier molecular flexibility index (Phi) is 3.81. The minimum atomic E-state index is 0.570. The van der Waals surface area contributed by atoms with E-state index in [2.05, 4.69) is 36.7 Å². The summed E-state index contributed by atoms with van der Waals surface area (Å²) >= 11 is 1.87. The Morgan fingerprint density at radius 3 is 2.80 bits per heavy atom. The molecule has 0 aromatic carbocycles. The van der Waals surface area contributed by atoms with Gasteiger partial charge in [0.25, 0.3) is 0 Å². The van der Waals surface area contributed by atoms with E-state index in [0.717, 1.165) is 5.92 Å². The highest BCUT2D eigenvalue weighted by Gasteiger charge is 2.25. The molecule has 1 N–H and O–H groups in total. The van der Waals surface area contributed by atoms with E-state index in [1.807, 2.05) is 11.3 Å². The van der Waals surface area contributed by atoms with E-state index < -0.39 is 0 Å². The Morgan fingerprint density at radius 2 is 2.33 bits per heavy atom. The predicted molar refractivity (Wildman–Crippen MR) is 67.3 cm³/mol. The Labute approximate surface area is 96.9 Å². The fraction of sp³-hybridized carbons (Fsp3) is 0.692. The molecule has 1 aliphatic rings. The van der Waals surface area contributed by atoms with Gasteiger partial charge in [-0.1, -0.05) is 19.4 Å². The molecule has 84 valence electrons. The first-order valence-corrected chi connectivity index (χ1v) is 6.98. The second-order valence-electron chi connectivity index (χ2n) is 4.62. The molecule has 0 saturated heterocycles. The highest BCUT2D eigenvalue weighted by Crippen LogP contribution is 2.31. The van der Waals surface area contributed by atoms with Crippen LogP contribution in [0.3, 0.4) is 0 Å². The zero-order chi connectivity index (χ0) is 10.7. The highest BCUT2D eigenvalue weighted by atomic mass is 32.1. The van der Waals surface area contributed by atoms with Crippen LogP contribution in [-0.2, 0) is 0 Å². The molecular weight excluding hydrogens is 202 g/mol. The van der Waals surface area contributed by atoms with Crippen LogP contribution in [0, 0.1) is 5.92 Å². The smallest absolute Gasteiger partial charge is 0.0414 e. The van der Waals surface area contributed by atoms with E-state index in [1.54, 1.807) is 0 Å². The number of nitrogens with one attached hydrogen (secondary N) is 1. The van der Waals surface area contributed by atoms with Crippen molar-refractivity contribution >= 4 is 11.3 Å². The molecule has 2 rings (SSSR count). The molecular formula is C13H21NS. The molecule has 2 heteroatoms. The van der Waals surface area contributed by atoms with Crippen LogP contribution in [0.5, 0.6) is 0 Å². The van der Waals surface area contributed by atoms with Crippen LogP contribution < -0.4 is 5.32 Å². The average Bonchev–Trinajstić information content (AvgIpc) is 2.63. The predicted octanol–water partition coefficient (Wildman–Crippen LogP) is 3.98. The molecule has 0 radical (unpaired) electrons. The summed E-state index contributed by atoms with van der Waals surface area (Å²) in [5, 5.41) is 5.96. The van der Waals surface area contributed by atoms with E-state index in [4.69, 9.17) is 0 Å². The molecule has 1 heterocycles. The van der Waals surface area contributed by atoms with Crippen molar-refractivity contribution in [2.75, 3.05) is 0 Å². The maximum Gasteiger partial charge on any atom is 0.0414 e. The van der Waals surface area contributed by atoms with Crippen LogP contribution in [0.15, 0.2) is 17.5 Å². The first kappa shape index (κ1) is 11.2. The van der Waals surface area contributed by atoms with Crippen molar-refractivity contribution in [2.24, 2.45) is 5.92 Å². The average molecular weight is 223 g/mol. The lowest BCUT2D eigenvalue weighted by Crippen LogP contribution is -2.38. The SMILES string of the molecule is CCC(NC(C)C1CCC1)c1cccs1. The molecule has 2 unspecified atom stereocenters. The molecule has 1 nitrogen and oxygen atoms in total. The Hall–Kier alpha value is -0.340. The van der Waals surface area contributed by atoms with E-state index in [9.17, 15) is 0 Å². The maximum atomic E-state index is 3.78. The Morgan fingerprint density at radius 1 is 1.53 bits per heavy atom. The summed E-state index contributed by atoms with van der Waals surface area (Å²) in [7, 11) is 0. The van der Waals surface area contributed by atoms with Crippen molar-refractivity contribution < 1.29 is 0 Å². The molecule has 0 bridgehead atoms. The van der Waals surface area contributed by atoms with Crippen LogP contribution in [0.1, 0.15) is 50.4 Å². The standard InChI is InChI=1S/C13H21NS/c1-3-12(13-8-5-9-15-13)14-10(2)11-6-4-7-11/h5,8-12,14H,3-4,6-7H2,1-2H3. The molecule has 2 atom stereocenters. The summed E-state index contributed by atoms with van der Waals surface area (Å²) in [4.78, 5) is 1.49. The Bertz CT molecular complexity index is 277. The van der Waals surface area contributed by atoms with Crippen LogP contribution in [-0.4, -0.2) is 6.04 Å². The van der Waals surface area contributed by atoms with Crippen molar-refractivity contribution in [3.05, 3.63) is 22.4 Å². The maximum absolute atomic E-state index is 3.78. The minimum absolute atomic E-state index is 0.570. The summed E-state index contributed by atoms with van der Waals surface area (Å²) in [5.41, 5.74) is 0. The molecule has 1 aromatic heterocycles. The van der Waals surface area contributed by atoms with Gasteiger partial charge in [0.15, 0.2) is 0 Å². The lowest BCUT2D eigenvalue weighted by atomic mass is 9.80. The van der Waals surface area contributed by atoms with Gasteiger partial charge in [0.1, 0.15) is 0 Å². The van der Waals surface area contributed by atoms with Gasteiger partial charge in [-0.3, -0.25) is 0 Å². The van der Waals surface area contributed by atoms with Crippen molar-refractivity contribution in [1.29, 1.82) is 0 Å². The van der Waals surface area contributed by atoms with Crippen LogP contribution in [0.25, 0.3) is 0 Å². The third-order valence-corrected chi connectivity index (χ3v) is 4.60. The summed E-state index contributed by atoms with van der Waals surface area (Å²) in [5.74, 6) is 0.930. The first-order chi connectivity index (χ1) is 7.31. The Balaban J connectivity index is 1.90. The van der Waals surface area contributed by atoms with Gasteiger partial charge in [-0.15, -0.1) is 11.3 Å². The van der Waals surface area contributed by atoms with Gasteiger partial charge >= 0.3 is 0 Å². The van der Waals surface area contributed by atoms with Crippen molar-refractivity contribution in [3.8, 4) is 0 Å². The van der Waals surface area contributed by atoms with E-state index in [0.29, 0.717) is 12.1 Å². The fourth-order valence-electron chi connectivity index (χ4n) is 2.28. The number of thiophene rings is 1. The minimum Gasteiger partial charge on any atom is -0.306 e. The van der Waals surface area contributed by atoms with E-state index in [-0.39, 0.29) is 0 Å². The van der Waals surface area contributed by atoms with Gasteiger partial charge in [-0.2, -0.15) is 0 Å². The third-order valence-electron chi connectivity index (χ3n) is 3.62. The fourth-order valence-corrected chi connectivity index (χ4v) is 3.15. The van der Waals surface area contributed by atoms with Gasteiger partial charge in [-0.25, -0.2) is 0 Å². The molecule has 1 aliphatic carbocycles. The summed E-state index contributed by atoms with van der Waals surface area (Å²) in [6.07, 6.45) is 5.48. The highest BCUT2D eigenvalue weighted by molar-refractivity contribution is 7.10. The number of hydrogen-bond acceptors (Lipinski definition) is 2. The van der Waals surface area contributed by atoms with E-state index in [1.165, 1.54) is 30.6 Å². The summed E-state index contributed by atoms with van der Waals surface area (Å²) in [6, 6.07) is 5.66. The van der Waals surface area contributed by atoms with Crippen molar-refractivity contribution in [2.45, 2.75) is 51.6 Å². The molecule has 0 amide bonds. The molecule has 1 saturated carbocycles. The monoisotopic (exact) mass is 223 g/mol. The lowest BCUT2D eigenvalue weighted by Gasteiger charge is -2.34. The summed E-state index contributed by atoms with van der Waals surface area (Å²) < 4.78 is 0. The van der Waals surface area contributed by atoms with Crippen molar-refractivity contribution in [1.82, 2.24) is 5.32 Å². The third kappa shape index (κ3) is 2.61. The quantitative estimate of drug-likeness (QED) is 0.796. The van der Waals surface area contributed by atoms with Crippen molar-refractivity contribution in [3.63, 3.8) is 0 Å². The lowest BCUT2D eigenvalue weighted by molar-refractivity contribution is 0.226. The first-order valence-electron chi connectivity index (χ1n) is 6.10. The van der Waals surface area contributed by atoms with E-state index >= 15 is 0 Å². The zero-order valence-electron chi connectivity index (χ0n) is 9.70. The van der Waals surface area contributed by atoms with Crippen LogP contribution in [0.4, 0.5) is 0 Å². The van der Waals surface area contributed by atoms with Gasteiger partial charge in [0.2, 0.25) is 0 Å². The largest absolute Gasteiger partial charge is 0.306 e. The second-order valence-corrected chi connectivity index (χ2v) is 5.60. The molecule has 1 aromatic rings. The molecule has 1 fully saturated rings. The van der Waals surface area contributed by atoms with Crippen LogP contribution in [0.2, 0.25) is 0 Å². The topological polar surface area (TPSA) is 12.0 Å². The molecule has 15 heavy (non-hydrogen) atoms.